The molecule has 10 nitrogen and oxygen atoms in total. The third-order valence-corrected chi connectivity index (χ3v) is 3.86. The minimum Gasteiger partial charge on any atom is -0.452 e. The SMILES string of the molecule is Cc1cccc([N+](=O)[O-])c1NC(=O)COC(=O)c1ccccc1NC(=O)NC(C)C. The van der Waals surface area contributed by atoms with E-state index in [-0.39, 0.29) is 28.7 Å². The van der Waals surface area contributed by atoms with Crippen molar-refractivity contribution in [3.63, 3.8) is 0 Å². The van der Waals surface area contributed by atoms with Gasteiger partial charge in [0.05, 0.1) is 16.2 Å². The number of carbonyl (C=O) groups is 3. The lowest BCUT2D eigenvalue weighted by Gasteiger charge is -2.13. The van der Waals surface area contributed by atoms with Crippen LogP contribution in [-0.4, -0.2) is 35.5 Å². The van der Waals surface area contributed by atoms with E-state index in [4.69, 9.17) is 4.74 Å². The van der Waals surface area contributed by atoms with Crippen LogP contribution in [0.1, 0.15) is 29.8 Å². The van der Waals surface area contributed by atoms with Gasteiger partial charge in [-0.3, -0.25) is 14.9 Å². The van der Waals surface area contributed by atoms with Gasteiger partial charge in [0.25, 0.3) is 11.6 Å². The minimum atomic E-state index is -0.829. The highest BCUT2D eigenvalue weighted by Crippen LogP contribution is 2.27. The van der Waals surface area contributed by atoms with Crippen LogP contribution < -0.4 is 16.0 Å². The molecule has 10 heteroatoms. The lowest BCUT2D eigenvalue weighted by molar-refractivity contribution is -0.384. The van der Waals surface area contributed by atoms with E-state index in [1.165, 1.54) is 24.3 Å². The number of nitro benzene ring substituents is 1. The predicted molar refractivity (Wildman–Crippen MR) is 110 cm³/mol. The molecule has 0 spiro atoms. The van der Waals surface area contributed by atoms with Crippen LogP contribution >= 0.6 is 0 Å². The first-order chi connectivity index (χ1) is 14.2. The van der Waals surface area contributed by atoms with Crippen LogP contribution in [0.4, 0.5) is 21.9 Å². The highest BCUT2D eigenvalue weighted by Gasteiger charge is 2.20. The number of urea groups is 1. The van der Waals surface area contributed by atoms with Gasteiger partial charge in [0.15, 0.2) is 6.61 Å². The number of benzene rings is 2. The summed E-state index contributed by atoms with van der Waals surface area (Å²) in [5.74, 6) is -1.56. The van der Waals surface area contributed by atoms with Crippen LogP contribution in [0, 0.1) is 17.0 Å². The number of anilines is 2. The summed E-state index contributed by atoms with van der Waals surface area (Å²) in [4.78, 5) is 47.0. The minimum absolute atomic E-state index is 0.0379. The second-order valence-electron chi connectivity index (χ2n) is 6.65. The van der Waals surface area contributed by atoms with Gasteiger partial charge >= 0.3 is 12.0 Å². The van der Waals surface area contributed by atoms with E-state index in [1.54, 1.807) is 39.0 Å². The number of nitrogens with zero attached hydrogens (tertiary/aromatic N) is 1. The smallest absolute Gasteiger partial charge is 0.340 e. The Labute approximate surface area is 172 Å². The zero-order chi connectivity index (χ0) is 22.3. The lowest BCUT2D eigenvalue weighted by atomic mass is 10.1. The van der Waals surface area contributed by atoms with Crippen molar-refractivity contribution in [1.82, 2.24) is 5.32 Å². The number of hydrogen-bond donors (Lipinski definition) is 3. The normalized spacial score (nSPS) is 10.3. The molecule has 0 fully saturated rings. The molecule has 30 heavy (non-hydrogen) atoms. The number of esters is 1. The van der Waals surface area contributed by atoms with E-state index in [0.717, 1.165) is 0 Å². The first-order valence-electron chi connectivity index (χ1n) is 9.06. The molecule has 2 aromatic carbocycles. The van der Waals surface area contributed by atoms with Gasteiger partial charge in [-0.25, -0.2) is 9.59 Å². The average molecular weight is 414 g/mol. The molecule has 0 saturated heterocycles. The van der Waals surface area contributed by atoms with Crippen LogP contribution in [0.2, 0.25) is 0 Å². The lowest BCUT2D eigenvalue weighted by Crippen LogP contribution is -2.34. The highest BCUT2D eigenvalue weighted by molar-refractivity contribution is 6.02. The Morgan fingerprint density at radius 2 is 1.77 bits per heavy atom. The van der Waals surface area contributed by atoms with Gasteiger partial charge in [0, 0.05) is 12.1 Å². The number of amides is 3. The van der Waals surface area contributed by atoms with Crippen molar-refractivity contribution in [1.29, 1.82) is 0 Å². The quantitative estimate of drug-likeness (QED) is 0.361. The number of hydrogen-bond acceptors (Lipinski definition) is 6. The Bertz CT molecular complexity index is 974. The summed E-state index contributed by atoms with van der Waals surface area (Å²) < 4.78 is 5.01. The first kappa shape index (κ1) is 22.3. The monoisotopic (exact) mass is 414 g/mol. The molecule has 0 aliphatic heterocycles. The van der Waals surface area contributed by atoms with Crippen molar-refractivity contribution < 1.29 is 24.0 Å². The van der Waals surface area contributed by atoms with Crippen LogP contribution in [0.5, 0.6) is 0 Å². The van der Waals surface area contributed by atoms with Gasteiger partial charge in [-0.2, -0.15) is 0 Å². The van der Waals surface area contributed by atoms with E-state index in [1.807, 2.05) is 0 Å². The standard InChI is InChI=1S/C20H22N4O6/c1-12(2)21-20(27)22-15-9-5-4-8-14(15)19(26)30-11-17(25)23-18-13(3)7-6-10-16(18)24(28)29/h4-10,12H,11H2,1-3H3,(H,23,25)(H2,21,22,27). The van der Waals surface area contributed by atoms with Gasteiger partial charge in [0.1, 0.15) is 5.69 Å². The first-order valence-corrected chi connectivity index (χ1v) is 9.06. The summed E-state index contributed by atoms with van der Waals surface area (Å²) in [5, 5.41) is 18.7. The summed E-state index contributed by atoms with van der Waals surface area (Å²) in [7, 11) is 0. The molecule has 0 unspecified atom stereocenters. The molecule has 2 rings (SSSR count). The maximum atomic E-state index is 12.4. The molecule has 2 aromatic rings. The van der Waals surface area contributed by atoms with Crippen molar-refractivity contribution in [2.24, 2.45) is 0 Å². The summed E-state index contributed by atoms with van der Waals surface area (Å²) in [6, 6.07) is 9.96. The summed E-state index contributed by atoms with van der Waals surface area (Å²) >= 11 is 0. The van der Waals surface area contributed by atoms with E-state index in [9.17, 15) is 24.5 Å². The number of nitrogens with one attached hydrogen (secondary N) is 3. The van der Waals surface area contributed by atoms with Crippen molar-refractivity contribution in [2.75, 3.05) is 17.2 Å². The van der Waals surface area contributed by atoms with Gasteiger partial charge in [-0.05, 0) is 38.5 Å². The topological polar surface area (TPSA) is 140 Å². The molecule has 0 aromatic heterocycles. The molecule has 0 radical (unpaired) electrons. The third kappa shape index (κ3) is 6.03. The maximum absolute atomic E-state index is 12.4. The van der Waals surface area contributed by atoms with Crippen LogP contribution in [0.3, 0.4) is 0 Å². The third-order valence-electron chi connectivity index (χ3n) is 3.86. The fourth-order valence-electron chi connectivity index (χ4n) is 2.54. The Morgan fingerprint density at radius 1 is 1.07 bits per heavy atom. The number of rotatable bonds is 7. The van der Waals surface area contributed by atoms with E-state index < -0.39 is 29.4 Å². The van der Waals surface area contributed by atoms with Crippen molar-refractivity contribution in [2.45, 2.75) is 26.8 Å². The predicted octanol–water partition coefficient (Wildman–Crippen LogP) is 3.23. The highest BCUT2D eigenvalue weighted by atomic mass is 16.6. The Hall–Kier alpha value is -3.95. The van der Waals surface area contributed by atoms with Gasteiger partial charge < -0.3 is 20.7 Å². The molecular formula is C20H22N4O6. The summed E-state index contributed by atoms with van der Waals surface area (Å²) in [5.41, 5.74) is 0.549. The summed E-state index contributed by atoms with van der Waals surface area (Å²) in [6.45, 7) is 4.53. The van der Waals surface area contributed by atoms with Gasteiger partial charge in [-0.15, -0.1) is 0 Å². The number of carbonyl (C=O) groups excluding carboxylic acids is 3. The molecule has 158 valence electrons. The van der Waals surface area contributed by atoms with Crippen molar-refractivity contribution in [3.8, 4) is 0 Å². The van der Waals surface area contributed by atoms with Crippen LogP contribution in [-0.2, 0) is 9.53 Å². The molecular weight excluding hydrogens is 392 g/mol. The molecule has 3 N–H and O–H groups in total. The molecule has 0 bridgehead atoms. The molecule has 0 atom stereocenters. The second-order valence-corrected chi connectivity index (χ2v) is 6.65. The fraction of sp³-hybridized carbons (Fsp3) is 0.250. The maximum Gasteiger partial charge on any atom is 0.340 e. The zero-order valence-corrected chi connectivity index (χ0v) is 16.7. The Morgan fingerprint density at radius 3 is 2.43 bits per heavy atom. The molecule has 3 amide bonds. The van der Waals surface area contributed by atoms with Gasteiger partial charge in [0.2, 0.25) is 0 Å². The van der Waals surface area contributed by atoms with Gasteiger partial charge in [-0.1, -0.05) is 24.3 Å². The fourth-order valence-corrected chi connectivity index (χ4v) is 2.54. The van der Waals surface area contributed by atoms with E-state index in [2.05, 4.69) is 16.0 Å². The molecule has 0 heterocycles. The van der Waals surface area contributed by atoms with Crippen molar-refractivity contribution in [3.05, 3.63) is 63.7 Å². The summed E-state index contributed by atoms with van der Waals surface area (Å²) in [6.07, 6.45) is 0. The molecule has 0 aliphatic carbocycles. The second kappa shape index (κ2) is 10.0. The number of ether oxygens (including phenoxy) is 1. The molecule has 0 aliphatic rings. The Balaban J connectivity index is 2.04. The zero-order valence-electron chi connectivity index (χ0n) is 16.7. The van der Waals surface area contributed by atoms with Crippen LogP contribution in [0.15, 0.2) is 42.5 Å². The van der Waals surface area contributed by atoms with E-state index >= 15 is 0 Å². The Kier molecular flexibility index (Phi) is 7.45. The van der Waals surface area contributed by atoms with E-state index in [0.29, 0.717) is 5.56 Å². The number of nitro groups is 1. The number of aryl methyl sites for hydroxylation is 1. The average Bonchev–Trinajstić information content (AvgIpc) is 2.67. The molecule has 0 saturated carbocycles. The number of para-hydroxylation sites is 2. The largest absolute Gasteiger partial charge is 0.452 e. The van der Waals surface area contributed by atoms with Crippen molar-refractivity contribution >= 4 is 35.0 Å². The van der Waals surface area contributed by atoms with Crippen LogP contribution in [0.25, 0.3) is 0 Å².